The number of morpholine rings is 1. The average molecular weight is 476 g/mol. The fourth-order valence-electron chi connectivity index (χ4n) is 4.32. The second kappa shape index (κ2) is 10.2. The summed E-state index contributed by atoms with van der Waals surface area (Å²) >= 11 is 0. The van der Waals surface area contributed by atoms with E-state index in [1.54, 1.807) is 31.3 Å². The van der Waals surface area contributed by atoms with Crippen molar-refractivity contribution in [1.82, 2.24) is 9.21 Å². The maximum atomic E-state index is 13.5. The maximum absolute atomic E-state index is 13.5. The third kappa shape index (κ3) is 5.37. The molecule has 2 aromatic rings. The molecule has 0 atom stereocenters. The highest BCUT2D eigenvalue weighted by molar-refractivity contribution is 7.89. The summed E-state index contributed by atoms with van der Waals surface area (Å²) in [6.45, 7) is 3.63. The molecule has 178 valence electrons. The molecule has 1 amide bonds. The number of nitrogens with zero attached hydrogens (tertiary/aromatic N) is 3. The van der Waals surface area contributed by atoms with Crippen molar-refractivity contribution in [2.45, 2.75) is 30.7 Å². The van der Waals surface area contributed by atoms with E-state index in [-0.39, 0.29) is 23.2 Å². The highest BCUT2D eigenvalue weighted by atomic mass is 32.2. The van der Waals surface area contributed by atoms with Gasteiger partial charge in [0.2, 0.25) is 10.0 Å². The minimum absolute atomic E-state index is 0.139. The summed E-state index contributed by atoms with van der Waals surface area (Å²) in [5, 5.41) is 0. The van der Waals surface area contributed by atoms with Crippen LogP contribution in [0, 0.1) is 5.82 Å². The molecule has 0 aromatic heterocycles. The van der Waals surface area contributed by atoms with Gasteiger partial charge in [-0.3, -0.25) is 4.79 Å². The van der Waals surface area contributed by atoms with Crippen molar-refractivity contribution in [2.75, 3.05) is 51.3 Å². The van der Waals surface area contributed by atoms with Crippen molar-refractivity contribution in [3.05, 3.63) is 59.4 Å². The van der Waals surface area contributed by atoms with Crippen LogP contribution in [0.15, 0.2) is 47.4 Å². The SMILES string of the molecule is CN(Cc1ccc(F)cc1)C(=O)c1cc(S(=O)(=O)N2CCCCC2)ccc1N1CCOCC1. The fraction of sp³-hybridized carbons (Fsp3) is 0.458. The van der Waals surface area contributed by atoms with Crippen molar-refractivity contribution in [2.24, 2.45) is 0 Å². The van der Waals surface area contributed by atoms with Gasteiger partial charge in [0.25, 0.3) is 5.91 Å². The molecule has 2 saturated heterocycles. The van der Waals surface area contributed by atoms with E-state index in [0.717, 1.165) is 24.8 Å². The Bertz CT molecular complexity index is 1080. The lowest BCUT2D eigenvalue weighted by Gasteiger charge is -2.32. The Morgan fingerprint density at radius 3 is 2.33 bits per heavy atom. The molecule has 9 heteroatoms. The lowest BCUT2D eigenvalue weighted by Crippen LogP contribution is -2.38. The van der Waals surface area contributed by atoms with Gasteiger partial charge in [-0.1, -0.05) is 18.6 Å². The average Bonchev–Trinajstić information content (AvgIpc) is 2.85. The molecule has 0 unspecified atom stereocenters. The number of carbonyl (C=O) groups is 1. The van der Waals surface area contributed by atoms with Gasteiger partial charge in [-0.15, -0.1) is 0 Å². The molecule has 0 N–H and O–H groups in total. The molecule has 0 saturated carbocycles. The summed E-state index contributed by atoms with van der Waals surface area (Å²) in [4.78, 5) is 17.2. The first-order valence-electron chi connectivity index (χ1n) is 11.3. The molecule has 2 heterocycles. The number of rotatable bonds is 6. The molecule has 2 aliphatic rings. The van der Waals surface area contributed by atoms with E-state index in [9.17, 15) is 17.6 Å². The molecular formula is C24H30FN3O4S. The van der Waals surface area contributed by atoms with Crippen molar-refractivity contribution >= 4 is 21.6 Å². The van der Waals surface area contributed by atoms with Crippen LogP contribution in [0.3, 0.4) is 0 Å². The number of ether oxygens (including phenoxy) is 1. The van der Waals surface area contributed by atoms with Gasteiger partial charge in [0.15, 0.2) is 0 Å². The van der Waals surface area contributed by atoms with Crippen LogP contribution in [-0.4, -0.2) is 70.0 Å². The smallest absolute Gasteiger partial charge is 0.256 e. The van der Waals surface area contributed by atoms with Crippen LogP contribution in [-0.2, 0) is 21.3 Å². The van der Waals surface area contributed by atoms with E-state index < -0.39 is 10.0 Å². The predicted molar refractivity (Wildman–Crippen MR) is 124 cm³/mol. The standard InChI is InChI=1S/C24H30FN3O4S/c1-26(18-19-5-7-20(25)8-6-19)24(29)22-17-21(33(30,31)28-11-3-2-4-12-28)9-10-23(22)27-13-15-32-16-14-27/h5-10,17H,2-4,11-16,18H2,1H3. The van der Waals surface area contributed by atoms with Gasteiger partial charge in [-0.2, -0.15) is 4.31 Å². The number of piperidine rings is 1. The zero-order valence-corrected chi connectivity index (χ0v) is 19.7. The Morgan fingerprint density at radius 1 is 1.00 bits per heavy atom. The Labute approximate surface area is 194 Å². The highest BCUT2D eigenvalue weighted by Crippen LogP contribution is 2.29. The lowest BCUT2D eigenvalue weighted by atomic mass is 10.1. The minimum atomic E-state index is -3.68. The van der Waals surface area contributed by atoms with Gasteiger partial charge in [-0.05, 0) is 48.7 Å². The van der Waals surface area contributed by atoms with Crippen molar-refractivity contribution in [3.8, 4) is 0 Å². The molecule has 0 bridgehead atoms. The van der Waals surface area contributed by atoms with Crippen molar-refractivity contribution in [1.29, 1.82) is 0 Å². The quantitative estimate of drug-likeness (QED) is 0.642. The van der Waals surface area contributed by atoms with Crippen LogP contribution in [0.1, 0.15) is 35.2 Å². The zero-order valence-electron chi connectivity index (χ0n) is 18.9. The number of carbonyl (C=O) groups excluding carboxylic acids is 1. The molecule has 33 heavy (non-hydrogen) atoms. The van der Waals surface area contributed by atoms with Crippen LogP contribution in [0.25, 0.3) is 0 Å². The topological polar surface area (TPSA) is 70.2 Å². The summed E-state index contributed by atoms with van der Waals surface area (Å²) < 4.78 is 46.8. The van der Waals surface area contributed by atoms with Gasteiger partial charge >= 0.3 is 0 Å². The molecule has 2 aromatic carbocycles. The summed E-state index contributed by atoms with van der Waals surface area (Å²) in [5.41, 5.74) is 1.84. The van der Waals surface area contributed by atoms with Crippen LogP contribution < -0.4 is 4.90 Å². The Kier molecular flexibility index (Phi) is 7.31. The number of benzene rings is 2. The molecule has 7 nitrogen and oxygen atoms in total. The first kappa shape index (κ1) is 23.7. The number of hydrogen-bond acceptors (Lipinski definition) is 5. The molecular weight excluding hydrogens is 445 g/mol. The predicted octanol–water partition coefficient (Wildman–Crippen LogP) is 3.11. The van der Waals surface area contributed by atoms with Gasteiger partial charge in [-0.25, -0.2) is 12.8 Å². The zero-order chi connectivity index (χ0) is 23.4. The number of amides is 1. The second-order valence-corrected chi connectivity index (χ2v) is 10.5. The summed E-state index contributed by atoms with van der Waals surface area (Å²) in [5.74, 6) is -0.616. The maximum Gasteiger partial charge on any atom is 0.256 e. The van der Waals surface area contributed by atoms with Gasteiger partial charge in [0, 0.05) is 45.5 Å². The van der Waals surface area contributed by atoms with Crippen molar-refractivity contribution in [3.63, 3.8) is 0 Å². The van der Waals surface area contributed by atoms with Crippen LogP contribution >= 0.6 is 0 Å². The normalized spacial score (nSPS) is 17.7. The molecule has 4 rings (SSSR count). The van der Waals surface area contributed by atoms with Crippen LogP contribution in [0.5, 0.6) is 0 Å². The van der Waals surface area contributed by atoms with Gasteiger partial charge in [0.1, 0.15) is 5.82 Å². The van der Waals surface area contributed by atoms with E-state index in [1.165, 1.54) is 27.4 Å². The van der Waals surface area contributed by atoms with E-state index >= 15 is 0 Å². The monoisotopic (exact) mass is 475 g/mol. The van der Waals surface area contributed by atoms with Crippen molar-refractivity contribution < 1.29 is 22.3 Å². The summed E-state index contributed by atoms with van der Waals surface area (Å²) in [6, 6.07) is 10.8. The van der Waals surface area contributed by atoms with Crippen LogP contribution in [0.2, 0.25) is 0 Å². The number of sulfonamides is 1. The molecule has 0 aliphatic carbocycles. The Hall–Kier alpha value is -2.49. The molecule has 2 fully saturated rings. The lowest BCUT2D eigenvalue weighted by molar-refractivity contribution is 0.0784. The summed E-state index contributed by atoms with van der Waals surface area (Å²) in [6.07, 6.45) is 2.72. The molecule has 2 aliphatic heterocycles. The third-order valence-electron chi connectivity index (χ3n) is 6.18. The number of halogens is 1. The summed E-state index contributed by atoms with van der Waals surface area (Å²) in [7, 11) is -2.01. The highest BCUT2D eigenvalue weighted by Gasteiger charge is 2.29. The van der Waals surface area contributed by atoms with E-state index in [0.29, 0.717) is 50.6 Å². The molecule has 0 radical (unpaired) electrons. The second-order valence-electron chi connectivity index (χ2n) is 8.53. The first-order chi connectivity index (χ1) is 15.9. The Balaban J connectivity index is 1.67. The van der Waals surface area contributed by atoms with E-state index in [2.05, 4.69) is 4.90 Å². The number of anilines is 1. The first-order valence-corrected chi connectivity index (χ1v) is 12.8. The van der Waals surface area contributed by atoms with Gasteiger partial charge < -0.3 is 14.5 Å². The Morgan fingerprint density at radius 2 is 1.67 bits per heavy atom. The van der Waals surface area contributed by atoms with E-state index in [4.69, 9.17) is 4.74 Å². The van der Waals surface area contributed by atoms with Crippen LogP contribution in [0.4, 0.5) is 10.1 Å². The van der Waals surface area contributed by atoms with Gasteiger partial charge in [0.05, 0.1) is 23.7 Å². The van der Waals surface area contributed by atoms with E-state index in [1.807, 2.05) is 0 Å². The molecule has 0 spiro atoms. The largest absolute Gasteiger partial charge is 0.378 e. The fourth-order valence-corrected chi connectivity index (χ4v) is 5.87. The number of hydrogen-bond donors (Lipinski definition) is 0. The third-order valence-corrected chi connectivity index (χ3v) is 8.08. The minimum Gasteiger partial charge on any atom is -0.378 e.